The highest BCUT2D eigenvalue weighted by Crippen LogP contribution is 2.35. The quantitative estimate of drug-likeness (QED) is 0.748. The van der Waals surface area contributed by atoms with Crippen molar-refractivity contribution < 1.29 is 0 Å². The summed E-state index contributed by atoms with van der Waals surface area (Å²) >= 11 is 0. The average molecular weight is 318 g/mol. The molecule has 1 rings (SSSR count). The SMILES string of the molecule is CP(C)c1cc(P(C)C)c(P(C)C)cc1P(C)C. The minimum absolute atomic E-state index is 0.0123. The third-order valence-corrected chi connectivity index (χ3v) is 8.69. The van der Waals surface area contributed by atoms with E-state index in [0.29, 0.717) is 0 Å². The number of benzene rings is 1. The van der Waals surface area contributed by atoms with Crippen LogP contribution in [-0.4, -0.2) is 53.3 Å². The van der Waals surface area contributed by atoms with Crippen molar-refractivity contribution in [1.82, 2.24) is 0 Å². The van der Waals surface area contributed by atoms with Gasteiger partial charge in [-0.15, -0.1) is 0 Å². The zero-order chi connectivity index (χ0) is 14.0. The first-order valence-corrected chi connectivity index (χ1v) is 15.1. The van der Waals surface area contributed by atoms with Crippen LogP contribution in [0, 0.1) is 0 Å². The predicted molar refractivity (Wildman–Crippen MR) is 100 cm³/mol. The van der Waals surface area contributed by atoms with Crippen molar-refractivity contribution in [2.75, 3.05) is 53.3 Å². The van der Waals surface area contributed by atoms with E-state index in [9.17, 15) is 0 Å². The van der Waals surface area contributed by atoms with Crippen molar-refractivity contribution in [1.29, 1.82) is 0 Å². The highest BCUT2D eigenvalue weighted by molar-refractivity contribution is 7.72. The van der Waals surface area contributed by atoms with E-state index in [1.165, 1.54) is 0 Å². The topological polar surface area (TPSA) is 0 Å². The van der Waals surface area contributed by atoms with E-state index in [1.54, 1.807) is 21.2 Å². The molecule has 0 saturated carbocycles. The van der Waals surface area contributed by atoms with Crippen LogP contribution >= 0.6 is 31.7 Å². The smallest absolute Gasteiger partial charge is 0.0163 e. The summed E-state index contributed by atoms with van der Waals surface area (Å²) in [6.07, 6.45) is 0. The van der Waals surface area contributed by atoms with Gasteiger partial charge in [-0.3, -0.25) is 0 Å². The molecule has 1 aromatic carbocycles. The fourth-order valence-electron chi connectivity index (χ4n) is 1.99. The summed E-state index contributed by atoms with van der Waals surface area (Å²) in [6.45, 7) is 19.1. The Bertz CT molecular complexity index is 334. The van der Waals surface area contributed by atoms with Crippen LogP contribution in [0.25, 0.3) is 0 Å². The third kappa shape index (κ3) is 3.97. The van der Waals surface area contributed by atoms with Gasteiger partial charge in [-0.05, 0) is 86.7 Å². The van der Waals surface area contributed by atoms with Crippen LogP contribution < -0.4 is 21.2 Å². The van der Waals surface area contributed by atoms with Crippen LogP contribution in [-0.2, 0) is 0 Å². The summed E-state index contributed by atoms with van der Waals surface area (Å²) in [5, 5.41) is 6.64. The minimum atomic E-state index is 0.0123. The van der Waals surface area contributed by atoms with Crippen molar-refractivity contribution in [3.63, 3.8) is 0 Å². The number of hydrogen-bond acceptors (Lipinski definition) is 0. The van der Waals surface area contributed by atoms with E-state index in [1.807, 2.05) is 0 Å². The summed E-state index contributed by atoms with van der Waals surface area (Å²) in [4.78, 5) is 0. The molecule has 0 aliphatic carbocycles. The lowest BCUT2D eigenvalue weighted by atomic mass is 10.3. The molecule has 0 saturated heterocycles. The molecule has 0 aromatic heterocycles. The molecule has 0 atom stereocenters. The van der Waals surface area contributed by atoms with Gasteiger partial charge in [0.05, 0.1) is 0 Å². The van der Waals surface area contributed by atoms with Crippen LogP contribution in [0.1, 0.15) is 0 Å². The summed E-state index contributed by atoms with van der Waals surface area (Å²) < 4.78 is 0. The van der Waals surface area contributed by atoms with Crippen molar-refractivity contribution in [2.45, 2.75) is 0 Å². The Labute approximate surface area is 118 Å². The second kappa shape index (κ2) is 7.09. The highest BCUT2D eigenvalue weighted by atomic mass is 31.1. The molecule has 0 unspecified atom stereocenters. The van der Waals surface area contributed by atoms with Gasteiger partial charge in [-0.1, -0.05) is 31.7 Å². The minimum Gasteiger partial charge on any atom is -0.0810 e. The Balaban J connectivity index is 3.50. The van der Waals surface area contributed by atoms with Gasteiger partial charge in [0, 0.05) is 0 Å². The first-order valence-electron chi connectivity index (χ1n) is 6.13. The van der Waals surface area contributed by atoms with Gasteiger partial charge in [0.15, 0.2) is 0 Å². The van der Waals surface area contributed by atoms with Crippen LogP contribution in [0.4, 0.5) is 0 Å². The maximum absolute atomic E-state index is 2.56. The molecule has 1 aromatic rings. The van der Waals surface area contributed by atoms with E-state index in [2.05, 4.69) is 65.5 Å². The fraction of sp³-hybridized carbons (Fsp3) is 0.571. The van der Waals surface area contributed by atoms with Gasteiger partial charge in [0.2, 0.25) is 0 Å². The van der Waals surface area contributed by atoms with E-state index >= 15 is 0 Å². The van der Waals surface area contributed by atoms with E-state index in [-0.39, 0.29) is 31.7 Å². The summed E-state index contributed by atoms with van der Waals surface area (Å²) in [5.74, 6) is 0. The van der Waals surface area contributed by atoms with Gasteiger partial charge < -0.3 is 0 Å². The molecule has 0 radical (unpaired) electrons. The Kier molecular flexibility index (Phi) is 6.70. The molecule has 0 N–H and O–H groups in total. The average Bonchev–Trinajstić information content (AvgIpc) is 2.26. The van der Waals surface area contributed by atoms with Crippen molar-refractivity contribution in [2.24, 2.45) is 0 Å². The summed E-state index contributed by atoms with van der Waals surface area (Å²) in [5.41, 5.74) is 0. The van der Waals surface area contributed by atoms with Crippen LogP contribution in [0.2, 0.25) is 0 Å². The maximum Gasteiger partial charge on any atom is -0.0163 e. The Morgan fingerprint density at radius 2 is 0.611 bits per heavy atom. The van der Waals surface area contributed by atoms with Crippen LogP contribution in [0.5, 0.6) is 0 Å². The largest absolute Gasteiger partial charge is 0.0810 e. The lowest BCUT2D eigenvalue weighted by Gasteiger charge is -2.24. The molecule has 0 fully saturated rings. The molecule has 0 aliphatic rings. The zero-order valence-corrected chi connectivity index (χ0v) is 16.5. The second-order valence-corrected chi connectivity index (χ2v) is 14.5. The molecule has 0 nitrogen and oxygen atoms in total. The normalized spacial score (nSPS) is 12.2. The first-order chi connectivity index (χ1) is 8.25. The van der Waals surface area contributed by atoms with E-state index in [0.717, 1.165) is 0 Å². The lowest BCUT2D eigenvalue weighted by Crippen LogP contribution is -2.34. The van der Waals surface area contributed by atoms with Crippen LogP contribution in [0.15, 0.2) is 12.1 Å². The molecular weight excluding hydrogens is 292 g/mol. The zero-order valence-electron chi connectivity index (χ0n) is 12.9. The Morgan fingerprint density at radius 1 is 0.444 bits per heavy atom. The Hall–Kier alpha value is 0.940. The number of rotatable bonds is 4. The van der Waals surface area contributed by atoms with E-state index in [4.69, 9.17) is 0 Å². The van der Waals surface area contributed by atoms with Crippen LogP contribution in [0.3, 0.4) is 0 Å². The molecule has 0 spiro atoms. The van der Waals surface area contributed by atoms with Gasteiger partial charge >= 0.3 is 0 Å². The third-order valence-electron chi connectivity index (χ3n) is 3.00. The Morgan fingerprint density at radius 3 is 0.722 bits per heavy atom. The molecule has 0 aliphatic heterocycles. The lowest BCUT2D eigenvalue weighted by molar-refractivity contribution is 1.92. The van der Waals surface area contributed by atoms with Gasteiger partial charge in [-0.2, -0.15) is 0 Å². The standard InChI is InChI=1S/C14H26P4/c1-15(2)11-9-13(17(5)6)14(18(7)8)10-12(11)16(3)4/h9-10H,1-8H3. The molecule has 0 bridgehead atoms. The summed E-state index contributed by atoms with van der Waals surface area (Å²) in [6, 6.07) is 5.12. The molecule has 4 heteroatoms. The molecule has 102 valence electrons. The highest BCUT2D eigenvalue weighted by Gasteiger charge is 2.17. The molecule has 0 amide bonds. The summed E-state index contributed by atoms with van der Waals surface area (Å²) in [7, 11) is 0.0493. The monoisotopic (exact) mass is 318 g/mol. The molecular formula is C14H26P4. The van der Waals surface area contributed by atoms with Gasteiger partial charge in [0.1, 0.15) is 0 Å². The molecule has 18 heavy (non-hydrogen) atoms. The van der Waals surface area contributed by atoms with Crippen molar-refractivity contribution >= 4 is 52.9 Å². The fourth-order valence-corrected chi connectivity index (χ4v) is 8.23. The van der Waals surface area contributed by atoms with Gasteiger partial charge in [0.25, 0.3) is 0 Å². The van der Waals surface area contributed by atoms with Crippen molar-refractivity contribution in [3.05, 3.63) is 12.1 Å². The predicted octanol–water partition coefficient (Wildman–Crippen LogP) is 3.15. The first kappa shape index (κ1) is 17.0. The maximum atomic E-state index is 2.56. The van der Waals surface area contributed by atoms with E-state index < -0.39 is 0 Å². The number of hydrogen-bond donors (Lipinski definition) is 0. The molecule has 0 heterocycles. The second-order valence-electron chi connectivity index (χ2n) is 5.41. The van der Waals surface area contributed by atoms with Crippen molar-refractivity contribution in [3.8, 4) is 0 Å². The van der Waals surface area contributed by atoms with Gasteiger partial charge in [-0.25, -0.2) is 0 Å².